The van der Waals surface area contributed by atoms with Crippen LogP contribution in [-0.4, -0.2) is 59.7 Å². The Morgan fingerprint density at radius 2 is 1.85 bits per heavy atom. The summed E-state index contributed by atoms with van der Waals surface area (Å²) in [6, 6.07) is 5.56. The predicted octanol–water partition coefficient (Wildman–Crippen LogP) is 2.83. The van der Waals surface area contributed by atoms with Gasteiger partial charge in [-0.2, -0.15) is 0 Å². The van der Waals surface area contributed by atoms with E-state index in [-0.39, 0.29) is 24.1 Å². The van der Waals surface area contributed by atoms with E-state index in [0.29, 0.717) is 13.0 Å². The van der Waals surface area contributed by atoms with E-state index in [1.165, 1.54) is 58.0 Å². The van der Waals surface area contributed by atoms with Crippen molar-refractivity contribution in [3.8, 4) is 0 Å². The van der Waals surface area contributed by atoms with Crippen LogP contribution < -0.4 is 10.6 Å². The van der Waals surface area contributed by atoms with E-state index in [4.69, 9.17) is 0 Å². The van der Waals surface area contributed by atoms with Crippen LogP contribution in [0.5, 0.6) is 0 Å². The number of nitrogens with zero attached hydrogens (tertiary/aromatic N) is 2. The van der Waals surface area contributed by atoms with Gasteiger partial charge < -0.3 is 10.2 Å². The smallest absolute Gasteiger partial charge is 0.255 e. The lowest BCUT2D eigenvalue weighted by atomic mass is 9.88. The van der Waals surface area contributed by atoms with Crippen LogP contribution in [0.15, 0.2) is 18.2 Å². The average molecular weight is 467 g/mol. The van der Waals surface area contributed by atoms with Crippen LogP contribution in [-0.2, 0) is 22.7 Å². The highest BCUT2D eigenvalue weighted by Crippen LogP contribution is 2.32. The first kappa shape index (κ1) is 23.5. The molecule has 5 rings (SSSR count). The number of rotatable bonds is 7. The molecule has 1 aromatic carbocycles. The molecule has 7 heteroatoms. The van der Waals surface area contributed by atoms with Crippen molar-refractivity contribution in [3.63, 3.8) is 0 Å². The van der Waals surface area contributed by atoms with Gasteiger partial charge in [-0.3, -0.25) is 24.6 Å². The Bertz CT molecular complexity index is 926. The fourth-order valence-electron chi connectivity index (χ4n) is 6.46. The molecular formula is C27H38N4O3. The number of nitrogens with one attached hydrogen (secondary N) is 2. The Morgan fingerprint density at radius 1 is 1.00 bits per heavy atom. The van der Waals surface area contributed by atoms with Crippen LogP contribution in [0.3, 0.4) is 0 Å². The lowest BCUT2D eigenvalue weighted by Crippen LogP contribution is -2.52. The maximum absolute atomic E-state index is 13.4. The largest absolute Gasteiger partial charge is 0.322 e. The number of carbonyl (C=O) groups is 3. The zero-order valence-corrected chi connectivity index (χ0v) is 20.2. The molecule has 3 fully saturated rings. The van der Waals surface area contributed by atoms with Gasteiger partial charge in [-0.15, -0.1) is 0 Å². The minimum atomic E-state index is -0.552. The number of likely N-dealkylation sites (tertiary alicyclic amines) is 1. The van der Waals surface area contributed by atoms with Crippen molar-refractivity contribution in [2.45, 2.75) is 76.9 Å². The standard InChI is InChI=1S/C27H38N4O3/c32-24-12-11-23(26(33)29-24)31-18-22-10-2-9-21(25(22)27(31)34)17-30-14-4-8-20(16-30)6-1-5-19-7-3-13-28-15-19/h2,9-10,19-20,23,28H,1,3-8,11-18H2,(H,29,32,33). The summed E-state index contributed by atoms with van der Waals surface area (Å²) in [6.07, 6.45) is 9.92. The fourth-order valence-corrected chi connectivity index (χ4v) is 6.46. The molecule has 0 spiro atoms. The maximum Gasteiger partial charge on any atom is 0.255 e. The van der Waals surface area contributed by atoms with Crippen molar-refractivity contribution < 1.29 is 14.4 Å². The quantitative estimate of drug-likeness (QED) is 0.604. The Balaban J connectivity index is 1.18. The molecular weight excluding hydrogens is 428 g/mol. The topological polar surface area (TPSA) is 81.8 Å². The molecule has 3 amide bonds. The van der Waals surface area contributed by atoms with Gasteiger partial charge in [0, 0.05) is 31.6 Å². The molecule has 4 aliphatic rings. The van der Waals surface area contributed by atoms with Crippen molar-refractivity contribution in [2.24, 2.45) is 11.8 Å². The fraction of sp³-hybridized carbons (Fsp3) is 0.667. The number of fused-ring (bicyclic) bond motifs is 1. The van der Waals surface area contributed by atoms with Gasteiger partial charge in [-0.05, 0) is 87.5 Å². The first-order valence-corrected chi connectivity index (χ1v) is 13.3. The van der Waals surface area contributed by atoms with Gasteiger partial charge in [0.15, 0.2) is 0 Å². The third kappa shape index (κ3) is 5.20. The highest BCUT2D eigenvalue weighted by atomic mass is 16.2. The summed E-state index contributed by atoms with van der Waals surface area (Å²) in [5, 5.41) is 5.93. The second-order valence-corrected chi connectivity index (χ2v) is 10.7. The molecule has 3 atom stereocenters. The molecule has 0 radical (unpaired) electrons. The third-order valence-electron chi connectivity index (χ3n) is 8.26. The van der Waals surface area contributed by atoms with Crippen LogP contribution in [0.4, 0.5) is 0 Å². The molecule has 0 bridgehead atoms. The zero-order valence-electron chi connectivity index (χ0n) is 20.2. The van der Waals surface area contributed by atoms with Gasteiger partial charge in [0.2, 0.25) is 11.8 Å². The van der Waals surface area contributed by atoms with Crippen LogP contribution in [0.1, 0.15) is 79.3 Å². The first-order valence-electron chi connectivity index (χ1n) is 13.3. The lowest BCUT2D eigenvalue weighted by Gasteiger charge is -2.33. The summed E-state index contributed by atoms with van der Waals surface area (Å²) in [4.78, 5) is 41.5. The van der Waals surface area contributed by atoms with Crippen molar-refractivity contribution in [1.82, 2.24) is 20.4 Å². The number of piperidine rings is 3. The molecule has 3 unspecified atom stereocenters. The molecule has 34 heavy (non-hydrogen) atoms. The minimum Gasteiger partial charge on any atom is -0.322 e. The molecule has 184 valence electrons. The van der Waals surface area contributed by atoms with Gasteiger partial charge in [-0.1, -0.05) is 24.6 Å². The second kappa shape index (κ2) is 10.6. The summed E-state index contributed by atoms with van der Waals surface area (Å²) in [5.74, 6) is 0.953. The molecule has 4 heterocycles. The summed E-state index contributed by atoms with van der Waals surface area (Å²) in [7, 11) is 0. The number of hydrogen-bond donors (Lipinski definition) is 2. The average Bonchev–Trinajstić information content (AvgIpc) is 3.17. The number of imide groups is 1. The van der Waals surface area contributed by atoms with Crippen molar-refractivity contribution in [3.05, 3.63) is 34.9 Å². The molecule has 1 aromatic rings. The predicted molar refractivity (Wildman–Crippen MR) is 130 cm³/mol. The second-order valence-electron chi connectivity index (χ2n) is 10.7. The summed E-state index contributed by atoms with van der Waals surface area (Å²) < 4.78 is 0. The van der Waals surface area contributed by atoms with Gasteiger partial charge in [0.05, 0.1) is 0 Å². The summed E-state index contributed by atoms with van der Waals surface area (Å²) >= 11 is 0. The number of benzene rings is 1. The first-order chi connectivity index (χ1) is 16.6. The van der Waals surface area contributed by atoms with E-state index in [2.05, 4.69) is 21.6 Å². The lowest BCUT2D eigenvalue weighted by molar-refractivity contribution is -0.136. The number of amides is 3. The van der Waals surface area contributed by atoms with Crippen molar-refractivity contribution in [2.75, 3.05) is 26.2 Å². The van der Waals surface area contributed by atoms with Gasteiger partial charge in [0.25, 0.3) is 5.91 Å². The van der Waals surface area contributed by atoms with Crippen molar-refractivity contribution in [1.29, 1.82) is 0 Å². The molecule has 7 nitrogen and oxygen atoms in total. The zero-order chi connectivity index (χ0) is 23.5. The Hall–Kier alpha value is -2.25. The maximum atomic E-state index is 13.4. The Labute approximate surface area is 202 Å². The van der Waals surface area contributed by atoms with Crippen LogP contribution in [0.25, 0.3) is 0 Å². The molecule has 2 N–H and O–H groups in total. The van der Waals surface area contributed by atoms with Gasteiger partial charge in [0.1, 0.15) is 6.04 Å². The summed E-state index contributed by atoms with van der Waals surface area (Å²) in [5.41, 5.74) is 2.85. The number of carbonyl (C=O) groups excluding carboxylic acids is 3. The van der Waals surface area contributed by atoms with Gasteiger partial charge in [-0.25, -0.2) is 0 Å². The molecule has 0 aromatic heterocycles. The van der Waals surface area contributed by atoms with E-state index in [0.717, 1.165) is 48.2 Å². The molecule has 3 saturated heterocycles. The highest BCUT2D eigenvalue weighted by Gasteiger charge is 2.40. The molecule has 4 aliphatic heterocycles. The molecule has 0 saturated carbocycles. The SMILES string of the molecule is O=C1CCC(N2Cc3cccc(CN4CCCC(CCCC5CCCNC5)C4)c3C2=O)C(=O)N1. The van der Waals surface area contributed by atoms with E-state index >= 15 is 0 Å². The van der Waals surface area contributed by atoms with E-state index in [1.807, 2.05) is 12.1 Å². The molecule has 0 aliphatic carbocycles. The van der Waals surface area contributed by atoms with Gasteiger partial charge >= 0.3 is 0 Å². The normalized spacial score (nSPS) is 28.2. The Kier molecular flexibility index (Phi) is 7.30. The minimum absolute atomic E-state index is 0.0604. The van der Waals surface area contributed by atoms with Crippen LogP contribution >= 0.6 is 0 Å². The highest BCUT2D eigenvalue weighted by molar-refractivity contribution is 6.05. The number of hydrogen-bond acceptors (Lipinski definition) is 5. The van der Waals surface area contributed by atoms with E-state index in [1.54, 1.807) is 4.90 Å². The van der Waals surface area contributed by atoms with E-state index in [9.17, 15) is 14.4 Å². The Morgan fingerprint density at radius 3 is 2.68 bits per heavy atom. The van der Waals surface area contributed by atoms with Crippen LogP contribution in [0, 0.1) is 11.8 Å². The monoisotopic (exact) mass is 466 g/mol. The van der Waals surface area contributed by atoms with Crippen molar-refractivity contribution >= 4 is 17.7 Å². The van der Waals surface area contributed by atoms with E-state index < -0.39 is 6.04 Å². The van der Waals surface area contributed by atoms with Crippen LogP contribution in [0.2, 0.25) is 0 Å². The summed E-state index contributed by atoms with van der Waals surface area (Å²) in [6.45, 7) is 5.81. The third-order valence-corrected chi connectivity index (χ3v) is 8.26.